The zero-order valence-electron chi connectivity index (χ0n) is 19.3. The van der Waals surface area contributed by atoms with Gasteiger partial charge in [-0.05, 0) is 62.1 Å². The number of anilines is 1. The van der Waals surface area contributed by atoms with Gasteiger partial charge in [0.05, 0.1) is 17.9 Å². The minimum absolute atomic E-state index is 0.0479. The van der Waals surface area contributed by atoms with Crippen LogP contribution in [0.2, 0.25) is 0 Å². The van der Waals surface area contributed by atoms with Gasteiger partial charge in [0.25, 0.3) is 15.9 Å². The number of benzene rings is 2. The van der Waals surface area contributed by atoms with E-state index in [4.69, 9.17) is 4.74 Å². The van der Waals surface area contributed by atoms with Gasteiger partial charge in [0, 0.05) is 36.4 Å². The summed E-state index contributed by atoms with van der Waals surface area (Å²) in [6, 6.07) is 12.8. The maximum atomic E-state index is 13.0. The quantitative estimate of drug-likeness (QED) is 0.625. The molecule has 1 heterocycles. The van der Waals surface area contributed by atoms with Crippen LogP contribution < -0.4 is 14.8 Å². The van der Waals surface area contributed by atoms with Crippen LogP contribution in [-0.2, 0) is 14.8 Å². The molecule has 1 aliphatic carbocycles. The molecule has 0 unspecified atom stereocenters. The van der Waals surface area contributed by atoms with Crippen LogP contribution >= 0.6 is 0 Å². The van der Waals surface area contributed by atoms with Gasteiger partial charge in [-0.2, -0.15) is 0 Å². The van der Waals surface area contributed by atoms with Gasteiger partial charge in [-0.25, -0.2) is 8.42 Å². The molecule has 2 aliphatic rings. The summed E-state index contributed by atoms with van der Waals surface area (Å²) >= 11 is 0. The molecule has 1 atom stereocenters. The van der Waals surface area contributed by atoms with E-state index >= 15 is 0 Å². The number of sulfonamides is 1. The molecule has 34 heavy (non-hydrogen) atoms. The van der Waals surface area contributed by atoms with Crippen molar-refractivity contribution >= 4 is 27.5 Å². The lowest BCUT2D eigenvalue weighted by atomic mass is 9.96. The highest BCUT2D eigenvalue weighted by molar-refractivity contribution is 7.92. The third kappa shape index (κ3) is 5.70. The fraction of sp³-hybridized carbons (Fsp3) is 0.440. The van der Waals surface area contributed by atoms with Crippen LogP contribution in [0.4, 0.5) is 5.69 Å². The molecular weight excluding hydrogens is 454 g/mol. The van der Waals surface area contributed by atoms with Crippen LogP contribution in [-0.4, -0.2) is 51.4 Å². The van der Waals surface area contributed by atoms with Gasteiger partial charge in [0.15, 0.2) is 0 Å². The van der Waals surface area contributed by atoms with Crippen LogP contribution in [0.15, 0.2) is 53.4 Å². The number of nitrogens with one attached hydrogen (secondary N) is 2. The van der Waals surface area contributed by atoms with E-state index in [0.717, 1.165) is 38.5 Å². The summed E-state index contributed by atoms with van der Waals surface area (Å²) in [4.78, 5) is 27.5. The number of nitrogens with zero attached hydrogens (tertiary/aromatic N) is 1. The van der Waals surface area contributed by atoms with Crippen LogP contribution in [0.1, 0.15) is 48.9 Å². The maximum absolute atomic E-state index is 13.0. The Morgan fingerprint density at radius 1 is 1.00 bits per heavy atom. The van der Waals surface area contributed by atoms with Crippen LogP contribution in [0.25, 0.3) is 0 Å². The number of ether oxygens (including phenoxy) is 1. The van der Waals surface area contributed by atoms with Gasteiger partial charge in [-0.3, -0.25) is 14.3 Å². The van der Waals surface area contributed by atoms with E-state index < -0.39 is 10.0 Å². The number of methoxy groups -OCH3 is 1. The zero-order valence-corrected chi connectivity index (χ0v) is 20.1. The van der Waals surface area contributed by atoms with Crippen molar-refractivity contribution in [2.45, 2.75) is 49.5 Å². The predicted octanol–water partition coefficient (Wildman–Crippen LogP) is 3.41. The number of carbonyl (C=O) groups is 2. The molecule has 2 fully saturated rings. The summed E-state index contributed by atoms with van der Waals surface area (Å²) in [6.07, 6.45) is 5.96. The Morgan fingerprint density at radius 3 is 2.44 bits per heavy atom. The maximum Gasteiger partial charge on any atom is 0.262 e. The third-order valence-electron chi connectivity index (χ3n) is 6.52. The molecule has 1 saturated heterocycles. The monoisotopic (exact) mass is 485 g/mol. The minimum atomic E-state index is -3.80. The second-order valence-corrected chi connectivity index (χ2v) is 10.6. The number of piperidine rings is 1. The molecular formula is C25H31N3O5S. The third-order valence-corrected chi connectivity index (χ3v) is 7.90. The number of likely N-dealkylation sites (tertiary alicyclic amines) is 1. The second-order valence-electron chi connectivity index (χ2n) is 8.94. The average molecular weight is 486 g/mol. The van der Waals surface area contributed by atoms with E-state index in [1.165, 1.54) is 19.2 Å². The molecule has 0 radical (unpaired) electrons. The first kappa shape index (κ1) is 24.1. The highest BCUT2D eigenvalue weighted by atomic mass is 32.2. The summed E-state index contributed by atoms with van der Waals surface area (Å²) in [5.74, 6) is 0.153. The molecule has 2 amide bonds. The van der Waals surface area contributed by atoms with Gasteiger partial charge >= 0.3 is 0 Å². The Kier molecular flexibility index (Phi) is 7.41. The van der Waals surface area contributed by atoms with Gasteiger partial charge in [0.1, 0.15) is 5.75 Å². The number of hydrogen-bond donors (Lipinski definition) is 2. The fourth-order valence-electron chi connectivity index (χ4n) is 4.61. The van der Waals surface area contributed by atoms with Crippen molar-refractivity contribution in [2.24, 2.45) is 5.92 Å². The van der Waals surface area contributed by atoms with E-state index in [2.05, 4.69) is 10.0 Å². The standard InChI is InChI=1S/C25H31N3O5S/c1-33-22-9-4-10-23(16-22)34(31,32)27-21-13-11-18(12-14-21)25(30)28-15-5-6-19(17-28)24(29)26-20-7-2-3-8-20/h4,9-14,16,19-20,27H,2-3,5-8,15,17H2,1H3,(H,26,29)/t19-/m0/s1. The summed E-state index contributed by atoms with van der Waals surface area (Å²) in [7, 11) is -2.32. The Morgan fingerprint density at radius 2 is 1.74 bits per heavy atom. The first-order valence-electron chi connectivity index (χ1n) is 11.7. The largest absolute Gasteiger partial charge is 0.497 e. The molecule has 0 aromatic heterocycles. The van der Waals surface area contributed by atoms with Crippen molar-refractivity contribution in [1.29, 1.82) is 0 Å². The van der Waals surface area contributed by atoms with Gasteiger partial charge in [-0.1, -0.05) is 18.9 Å². The van der Waals surface area contributed by atoms with Crippen molar-refractivity contribution in [3.8, 4) is 5.75 Å². The summed E-state index contributed by atoms with van der Waals surface area (Å²) in [6.45, 7) is 1.01. The number of rotatable bonds is 7. The first-order chi connectivity index (χ1) is 16.4. The van der Waals surface area contributed by atoms with Gasteiger partial charge in [0.2, 0.25) is 5.91 Å². The average Bonchev–Trinajstić information content (AvgIpc) is 3.37. The number of amides is 2. The number of carbonyl (C=O) groups excluding carboxylic acids is 2. The Hall–Kier alpha value is -3.07. The minimum Gasteiger partial charge on any atom is -0.497 e. The molecule has 9 heteroatoms. The summed E-state index contributed by atoms with van der Waals surface area (Å²) in [5, 5.41) is 3.15. The van der Waals surface area contributed by atoms with Crippen molar-refractivity contribution in [3.05, 3.63) is 54.1 Å². The molecule has 2 N–H and O–H groups in total. The van der Waals surface area contributed by atoms with E-state index in [1.54, 1.807) is 41.3 Å². The van der Waals surface area contributed by atoms with Crippen molar-refractivity contribution < 1.29 is 22.7 Å². The molecule has 1 aliphatic heterocycles. The lowest BCUT2D eigenvalue weighted by molar-refractivity contribution is -0.127. The van der Waals surface area contributed by atoms with Crippen LogP contribution in [0.5, 0.6) is 5.75 Å². The smallest absolute Gasteiger partial charge is 0.262 e. The molecule has 2 aromatic rings. The molecule has 4 rings (SSSR count). The Balaban J connectivity index is 1.38. The summed E-state index contributed by atoms with van der Waals surface area (Å²) < 4.78 is 33.0. The van der Waals surface area contributed by atoms with Crippen molar-refractivity contribution in [3.63, 3.8) is 0 Å². The highest BCUT2D eigenvalue weighted by Crippen LogP contribution is 2.24. The Bertz CT molecular complexity index is 1130. The molecule has 2 aromatic carbocycles. The molecule has 182 valence electrons. The summed E-state index contributed by atoms with van der Waals surface area (Å²) in [5.41, 5.74) is 0.813. The van der Waals surface area contributed by atoms with Crippen LogP contribution in [0, 0.1) is 5.92 Å². The van der Waals surface area contributed by atoms with Crippen LogP contribution in [0.3, 0.4) is 0 Å². The van der Waals surface area contributed by atoms with E-state index in [0.29, 0.717) is 30.1 Å². The molecule has 1 saturated carbocycles. The van der Waals surface area contributed by atoms with E-state index in [1.807, 2.05) is 0 Å². The highest BCUT2D eigenvalue weighted by Gasteiger charge is 2.30. The fourth-order valence-corrected chi connectivity index (χ4v) is 5.70. The molecule has 8 nitrogen and oxygen atoms in total. The molecule has 0 spiro atoms. The normalized spacial score (nSPS) is 19.0. The molecule has 0 bridgehead atoms. The zero-order chi connectivity index (χ0) is 24.1. The van der Waals surface area contributed by atoms with E-state index in [-0.39, 0.29) is 28.7 Å². The van der Waals surface area contributed by atoms with Crippen molar-refractivity contribution in [1.82, 2.24) is 10.2 Å². The predicted molar refractivity (Wildman–Crippen MR) is 129 cm³/mol. The lowest BCUT2D eigenvalue weighted by Gasteiger charge is -2.32. The first-order valence-corrected chi connectivity index (χ1v) is 13.2. The van der Waals surface area contributed by atoms with Gasteiger partial charge < -0.3 is 15.0 Å². The van der Waals surface area contributed by atoms with Gasteiger partial charge in [-0.15, -0.1) is 0 Å². The lowest BCUT2D eigenvalue weighted by Crippen LogP contribution is -2.47. The Labute approximate surface area is 200 Å². The van der Waals surface area contributed by atoms with E-state index in [9.17, 15) is 18.0 Å². The second kappa shape index (κ2) is 10.5. The number of hydrogen-bond acceptors (Lipinski definition) is 5. The topological polar surface area (TPSA) is 105 Å². The SMILES string of the molecule is COc1cccc(S(=O)(=O)Nc2ccc(C(=O)N3CCC[C@H](C(=O)NC4CCCC4)C3)cc2)c1. The van der Waals surface area contributed by atoms with Crippen molar-refractivity contribution in [2.75, 3.05) is 24.9 Å².